The van der Waals surface area contributed by atoms with Gasteiger partial charge in [-0.3, -0.25) is 4.79 Å². The summed E-state index contributed by atoms with van der Waals surface area (Å²) in [4.78, 5) is 24.2. The van der Waals surface area contributed by atoms with Crippen molar-refractivity contribution < 1.29 is 18.9 Å². The van der Waals surface area contributed by atoms with Crippen LogP contribution in [-0.2, 0) is 11.3 Å². The highest BCUT2D eigenvalue weighted by atomic mass is 16.5. The summed E-state index contributed by atoms with van der Waals surface area (Å²) in [6, 6.07) is 14.2. The average molecular weight is 284 g/mol. The lowest BCUT2D eigenvalue weighted by atomic mass is 10.1. The molecule has 4 heteroatoms. The maximum atomic E-state index is 12.2. The van der Waals surface area contributed by atoms with Gasteiger partial charge in [-0.15, -0.1) is 0 Å². The third-order valence-electron chi connectivity index (χ3n) is 3.00. The number of esters is 1. The molecule has 0 aliphatic heterocycles. The standard InChI is InChI=1S/C17H18NO3/c1-2-12-21-17(20)15-10-6-7-11-18(15)13-16(19)14-8-4-3-5-9-14/h3-11H,2,12-13H2,1H3/q+1. The van der Waals surface area contributed by atoms with E-state index in [1.165, 1.54) is 0 Å². The molecule has 0 bridgehead atoms. The zero-order valence-corrected chi connectivity index (χ0v) is 12.0. The third-order valence-corrected chi connectivity index (χ3v) is 3.00. The molecule has 0 spiro atoms. The number of ether oxygens (including phenoxy) is 1. The van der Waals surface area contributed by atoms with E-state index in [1.54, 1.807) is 41.1 Å². The topological polar surface area (TPSA) is 47.2 Å². The maximum Gasteiger partial charge on any atom is 0.403 e. The van der Waals surface area contributed by atoms with Gasteiger partial charge in [0.2, 0.25) is 12.3 Å². The van der Waals surface area contributed by atoms with E-state index in [0.717, 1.165) is 6.42 Å². The normalized spacial score (nSPS) is 10.1. The number of Topliss-reactive ketones (excluding diaryl/α,β-unsaturated/α-hetero) is 1. The van der Waals surface area contributed by atoms with Gasteiger partial charge >= 0.3 is 5.97 Å². The highest BCUT2D eigenvalue weighted by Crippen LogP contribution is 2.02. The van der Waals surface area contributed by atoms with E-state index >= 15 is 0 Å². The first kappa shape index (κ1) is 14.9. The Kier molecular flexibility index (Phi) is 5.21. The number of hydrogen-bond donors (Lipinski definition) is 0. The molecule has 0 saturated carbocycles. The molecule has 0 aliphatic carbocycles. The molecule has 0 radical (unpaired) electrons. The van der Waals surface area contributed by atoms with Crippen LogP contribution in [-0.4, -0.2) is 18.4 Å². The third kappa shape index (κ3) is 3.99. The predicted octanol–water partition coefficient (Wildman–Crippen LogP) is 2.42. The second kappa shape index (κ2) is 7.33. The van der Waals surface area contributed by atoms with E-state index in [4.69, 9.17) is 4.74 Å². The fourth-order valence-electron chi connectivity index (χ4n) is 1.94. The Balaban J connectivity index is 2.17. The summed E-state index contributed by atoms with van der Waals surface area (Å²) < 4.78 is 6.75. The van der Waals surface area contributed by atoms with Crippen LogP contribution in [0, 0.1) is 0 Å². The molecule has 0 saturated heterocycles. The van der Waals surface area contributed by atoms with Gasteiger partial charge in [0, 0.05) is 17.7 Å². The van der Waals surface area contributed by atoms with Gasteiger partial charge < -0.3 is 4.74 Å². The van der Waals surface area contributed by atoms with E-state index in [9.17, 15) is 9.59 Å². The number of nitrogens with zero attached hydrogens (tertiary/aromatic N) is 1. The maximum absolute atomic E-state index is 12.2. The second-order valence-corrected chi connectivity index (χ2v) is 4.64. The number of aromatic nitrogens is 1. The Morgan fingerprint density at radius 1 is 1.05 bits per heavy atom. The van der Waals surface area contributed by atoms with Gasteiger partial charge in [-0.25, -0.2) is 4.79 Å². The van der Waals surface area contributed by atoms with Crippen molar-refractivity contribution >= 4 is 11.8 Å². The molecule has 108 valence electrons. The average Bonchev–Trinajstić information content (AvgIpc) is 2.54. The summed E-state index contributed by atoms with van der Waals surface area (Å²) in [5, 5.41) is 0. The predicted molar refractivity (Wildman–Crippen MR) is 78.0 cm³/mol. The van der Waals surface area contributed by atoms with Crippen molar-refractivity contribution in [1.29, 1.82) is 0 Å². The lowest BCUT2D eigenvalue weighted by Crippen LogP contribution is -2.43. The van der Waals surface area contributed by atoms with Gasteiger partial charge in [-0.2, -0.15) is 4.57 Å². The fraction of sp³-hybridized carbons (Fsp3) is 0.235. The molecule has 0 fully saturated rings. The van der Waals surface area contributed by atoms with Crippen molar-refractivity contribution in [2.75, 3.05) is 6.61 Å². The van der Waals surface area contributed by atoms with Crippen molar-refractivity contribution in [2.24, 2.45) is 0 Å². The summed E-state index contributed by atoms with van der Waals surface area (Å²) in [6.45, 7) is 2.42. The summed E-state index contributed by atoms with van der Waals surface area (Å²) >= 11 is 0. The van der Waals surface area contributed by atoms with Crippen LogP contribution in [0.15, 0.2) is 54.7 Å². The second-order valence-electron chi connectivity index (χ2n) is 4.64. The van der Waals surface area contributed by atoms with Crippen LogP contribution in [0.3, 0.4) is 0 Å². The van der Waals surface area contributed by atoms with Crippen LogP contribution in [0.4, 0.5) is 0 Å². The number of ketones is 1. The number of benzene rings is 1. The van der Waals surface area contributed by atoms with Crippen molar-refractivity contribution in [3.8, 4) is 0 Å². The summed E-state index contributed by atoms with van der Waals surface area (Å²) in [5.74, 6) is -0.449. The molecule has 2 rings (SSSR count). The molecule has 21 heavy (non-hydrogen) atoms. The van der Waals surface area contributed by atoms with Gasteiger partial charge in [0.25, 0.3) is 5.69 Å². The van der Waals surface area contributed by atoms with Crippen LogP contribution in [0.25, 0.3) is 0 Å². The molecular formula is C17H18NO3+. The van der Waals surface area contributed by atoms with Crippen LogP contribution < -0.4 is 4.57 Å². The molecule has 4 nitrogen and oxygen atoms in total. The summed E-state index contributed by atoms with van der Waals surface area (Å²) in [7, 11) is 0. The molecule has 0 amide bonds. The molecule has 1 heterocycles. The van der Waals surface area contributed by atoms with E-state index in [2.05, 4.69) is 0 Å². The van der Waals surface area contributed by atoms with Gasteiger partial charge in [0.05, 0.1) is 6.61 Å². The Hall–Kier alpha value is -2.49. The minimum Gasteiger partial charge on any atom is -0.458 e. The number of hydrogen-bond acceptors (Lipinski definition) is 3. The number of rotatable bonds is 6. The lowest BCUT2D eigenvalue weighted by molar-refractivity contribution is -0.685. The van der Waals surface area contributed by atoms with E-state index < -0.39 is 5.97 Å². The monoisotopic (exact) mass is 284 g/mol. The molecule has 0 atom stereocenters. The summed E-state index contributed by atoms with van der Waals surface area (Å²) in [5.41, 5.74) is 1.01. The van der Waals surface area contributed by atoms with Gasteiger partial charge in [-0.1, -0.05) is 37.3 Å². The van der Waals surface area contributed by atoms with Crippen molar-refractivity contribution in [3.05, 3.63) is 66.0 Å². The first-order chi connectivity index (χ1) is 10.2. The number of pyridine rings is 1. The van der Waals surface area contributed by atoms with E-state index in [1.807, 2.05) is 25.1 Å². The van der Waals surface area contributed by atoms with Crippen LogP contribution >= 0.6 is 0 Å². The lowest BCUT2D eigenvalue weighted by Gasteiger charge is -2.04. The quantitative estimate of drug-likeness (QED) is 0.465. The smallest absolute Gasteiger partial charge is 0.403 e. The largest absolute Gasteiger partial charge is 0.458 e. The molecule has 1 aromatic heterocycles. The number of carbonyl (C=O) groups excluding carboxylic acids is 2. The Morgan fingerprint density at radius 3 is 2.48 bits per heavy atom. The van der Waals surface area contributed by atoms with Gasteiger partial charge in [0.1, 0.15) is 0 Å². The molecule has 0 unspecified atom stereocenters. The van der Waals surface area contributed by atoms with E-state index in [-0.39, 0.29) is 12.3 Å². The minimum atomic E-state index is -0.404. The van der Waals surface area contributed by atoms with Gasteiger partial charge in [-0.05, 0) is 12.5 Å². The fourth-order valence-corrected chi connectivity index (χ4v) is 1.94. The zero-order valence-electron chi connectivity index (χ0n) is 12.0. The Labute approximate surface area is 124 Å². The first-order valence-electron chi connectivity index (χ1n) is 6.96. The Bertz CT molecular complexity index is 623. The highest BCUT2D eigenvalue weighted by Gasteiger charge is 2.22. The SMILES string of the molecule is CCCOC(=O)c1cccc[n+]1CC(=O)c1ccccc1. The van der Waals surface area contributed by atoms with Crippen molar-refractivity contribution in [2.45, 2.75) is 19.9 Å². The first-order valence-corrected chi connectivity index (χ1v) is 6.96. The highest BCUT2D eigenvalue weighted by molar-refractivity contribution is 5.95. The zero-order chi connectivity index (χ0) is 15.1. The van der Waals surface area contributed by atoms with Crippen LogP contribution in [0.1, 0.15) is 34.2 Å². The molecule has 0 aliphatic rings. The summed E-state index contributed by atoms with van der Waals surface area (Å²) in [6.07, 6.45) is 2.48. The van der Waals surface area contributed by atoms with Gasteiger partial charge in [0.15, 0.2) is 6.20 Å². The number of carbonyl (C=O) groups is 2. The van der Waals surface area contributed by atoms with Crippen molar-refractivity contribution in [1.82, 2.24) is 0 Å². The molecular weight excluding hydrogens is 266 g/mol. The molecule has 1 aromatic carbocycles. The minimum absolute atomic E-state index is 0.0451. The van der Waals surface area contributed by atoms with Crippen LogP contribution in [0.2, 0.25) is 0 Å². The van der Waals surface area contributed by atoms with Crippen LogP contribution in [0.5, 0.6) is 0 Å². The van der Waals surface area contributed by atoms with E-state index in [0.29, 0.717) is 17.9 Å². The Morgan fingerprint density at radius 2 is 1.76 bits per heavy atom. The molecule has 2 aromatic rings. The molecule has 0 N–H and O–H groups in total. The van der Waals surface area contributed by atoms with Crippen molar-refractivity contribution in [3.63, 3.8) is 0 Å².